The number of nitrogens with one attached hydrogen (secondary N) is 1. The molecule has 16 heavy (non-hydrogen) atoms. The zero-order valence-corrected chi connectivity index (χ0v) is 9.20. The van der Waals surface area contributed by atoms with Gasteiger partial charge in [0, 0.05) is 10.9 Å². The molecule has 0 spiro atoms. The van der Waals surface area contributed by atoms with Crippen LogP contribution in [0.25, 0.3) is 10.8 Å². The summed E-state index contributed by atoms with van der Waals surface area (Å²) in [6, 6.07) is 5.07. The summed E-state index contributed by atoms with van der Waals surface area (Å²) < 4.78 is 0. The molecule has 0 saturated carbocycles. The molecule has 0 unspecified atom stereocenters. The topological polar surface area (TPSA) is 62.8 Å². The molecule has 1 aromatic carbocycles. The van der Waals surface area contributed by atoms with Gasteiger partial charge in [0.05, 0.1) is 11.1 Å². The Balaban J connectivity index is 2.84. The molecule has 0 bridgehead atoms. The first kappa shape index (κ1) is 10.5. The van der Waals surface area contributed by atoms with E-state index in [9.17, 15) is 9.59 Å². The number of H-pyrrole nitrogens is 1. The number of carbonyl (C=O) groups is 1. The minimum absolute atomic E-state index is 0.00997. The van der Waals surface area contributed by atoms with Gasteiger partial charge in [-0.3, -0.25) is 9.59 Å². The van der Waals surface area contributed by atoms with Crippen LogP contribution in [0.3, 0.4) is 0 Å². The highest BCUT2D eigenvalue weighted by molar-refractivity contribution is 5.98. The van der Waals surface area contributed by atoms with Crippen molar-refractivity contribution in [3.05, 3.63) is 39.8 Å². The molecule has 0 aliphatic carbocycles. The zero-order valence-electron chi connectivity index (χ0n) is 9.20. The summed E-state index contributed by atoms with van der Waals surface area (Å²) in [4.78, 5) is 22.8. The standard InChI is InChI=1S/C12H12N2O2/c1-3-11-10-6-8(7(2)15)4-5-9(10)12(16)14-13-11/h4-6H,3H2,1-2H3,(H,14,16). The minimum atomic E-state index is -0.220. The van der Waals surface area contributed by atoms with Crippen LogP contribution in [0, 0.1) is 0 Å². The van der Waals surface area contributed by atoms with Crippen LogP contribution in [0.2, 0.25) is 0 Å². The molecule has 2 rings (SSSR count). The van der Waals surface area contributed by atoms with Gasteiger partial charge >= 0.3 is 0 Å². The molecule has 1 heterocycles. The average molecular weight is 216 g/mol. The number of nitrogens with zero attached hydrogens (tertiary/aromatic N) is 1. The van der Waals surface area contributed by atoms with E-state index in [0.717, 1.165) is 11.1 Å². The number of fused-ring (bicyclic) bond motifs is 1. The maximum absolute atomic E-state index is 11.5. The second-order valence-electron chi connectivity index (χ2n) is 3.67. The number of hydrogen-bond acceptors (Lipinski definition) is 3. The first-order valence-corrected chi connectivity index (χ1v) is 5.15. The Morgan fingerprint density at radius 1 is 1.38 bits per heavy atom. The molecule has 2 aromatic rings. The maximum Gasteiger partial charge on any atom is 0.272 e. The maximum atomic E-state index is 11.5. The Labute approximate surface area is 92.3 Å². The van der Waals surface area contributed by atoms with Crippen molar-refractivity contribution in [1.82, 2.24) is 10.2 Å². The number of carbonyl (C=O) groups excluding carboxylic acids is 1. The van der Waals surface area contributed by atoms with Crippen molar-refractivity contribution in [2.45, 2.75) is 20.3 Å². The molecule has 0 aliphatic rings. The van der Waals surface area contributed by atoms with Gasteiger partial charge < -0.3 is 0 Å². The molecule has 82 valence electrons. The summed E-state index contributed by atoms with van der Waals surface area (Å²) in [5, 5.41) is 7.77. The Kier molecular flexibility index (Phi) is 2.56. The lowest BCUT2D eigenvalue weighted by Gasteiger charge is -2.03. The van der Waals surface area contributed by atoms with Crippen LogP contribution < -0.4 is 5.56 Å². The lowest BCUT2D eigenvalue weighted by Crippen LogP contribution is -2.11. The van der Waals surface area contributed by atoms with Crippen LogP contribution in [-0.2, 0) is 6.42 Å². The van der Waals surface area contributed by atoms with Crippen LogP contribution in [0.1, 0.15) is 29.9 Å². The summed E-state index contributed by atoms with van der Waals surface area (Å²) in [7, 11) is 0. The van der Waals surface area contributed by atoms with E-state index in [4.69, 9.17) is 0 Å². The first-order chi connectivity index (χ1) is 7.63. The summed E-state index contributed by atoms with van der Waals surface area (Å²) in [5.41, 5.74) is 1.19. The highest BCUT2D eigenvalue weighted by Gasteiger charge is 2.07. The Morgan fingerprint density at radius 3 is 2.75 bits per heavy atom. The molecular formula is C12H12N2O2. The van der Waals surface area contributed by atoms with Gasteiger partial charge in [0.15, 0.2) is 5.78 Å². The molecule has 4 nitrogen and oxygen atoms in total. The van der Waals surface area contributed by atoms with Crippen molar-refractivity contribution in [2.24, 2.45) is 0 Å². The number of benzene rings is 1. The molecule has 4 heteroatoms. The molecule has 0 saturated heterocycles. The zero-order chi connectivity index (χ0) is 11.7. The van der Waals surface area contributed by atoms with Crippen LogP contribution in [-0.4, -0.2) is 16.0 Å². The van der Waals surface area contributed by atoms with Gasteiger partial charge in [-0.2, -0.15) is 5.10 Å². The van der Waals surface area contributed by atoms with E-state index >= 15 is 0 Å². The van der Waals surface area contributed by atoms with E-state index in [1.54, 1.807) is 18.2 Å². The summed E-state index contributed by atoms with van der Waals surface area (Å²) in [6.45, 7) is 3.47. The van der Waals surface area contributed by atoms with E-state index in [1.807, 2.05) is 6.92 Å². The molecular weight excluding hydrogens is 204 g/mol. The summed E-state index contributed by atoms with van der Waals surface area (Å²) in [5.74, 6) is -0.00997. The van der Waals surface area contributed by atoms with Crippen molar-refractivity contribution in [1.29, 1.82) is 0 Å². The van der Waals surface area contributed by atoms with Crippen molar-refractivity contribution in [3.63, 3.8) is 0 Å². The third-order valence-corrected chi connectivity index (χ3v) is 2.61. The van der Waals surface area contributed by atoms with Crippen LogP contribution in [0.4, 0.5) is 0 Å². The molecule has 0 amide bonds. The number of rotatable bonds is 2. The van der Waals surface area contributed by atoms with E-state index in [0.29, 0.717) is 17.4 Å². The molecule has 1 N–H and O–H groups in total. The monoisotopic (exact) mass is 216 g/mol. The smallest absolute Gasteiger partial charge is 0.272 e. The minimum Gasteiger partial charge on any atom is -0.295 e. The van der Waals surface area contributed by atoms with Crippen LogP contribution in [0.5, 0.6) is 0 Å². The van der Waals surface area contributed by atoms with E-state index in [2.05, 4.69) is 10.2 Å². The lowest BCUT2D eigenvalue weighted by atomic mass is 10.0. The van der Waals surface area contributed by atoms with Crippen molar-refractivity contribution in [2.75, 3.05) is 0 Å². The fraction of sp³-hybridized carbons (Fsp3) is 0.250. The van der Waals surface area contributed by atoms with Crippen molar-refractivity contribution >= 4 is 16.6 Å². The van der Waals surface area contributed by atoms with Gasteiger partial charge in [-0.15, -0.1) is 0 Å². The molecule has 0 fully saturated rings. The summed E-state index contributed by atoms with van der Waals surface area (Å²) in [6.07, 6.45) is 0.717. The third-order valence-electron chi connectivity index (χ3n) is 2.61. The van der Waals surface area contributed by atoms with Gasteiger partial charge in [-0.1, -0.05) is 13.0 Å². The quantitative estimate of drug-likeness (QED) is 0.777. The number of aromatic amines is 1. The summed E-state index contributed by atoms with van der Waals surface area (Å²) >= 11 is 0. The predicted molar refractivity (Wildman–Crippen MR) is 61.7 cm³/mol. The van der Waals surface area contributed by atoms with Crippen LogP contribution >= 0.6 is 0 Å². The highest BCUT2D eigenvalue weighted by Crippen LogP contribution is 2.16. The Morgan fingerprint density at radius 2 is 2.12 bits per heavy atom. The van der Waals surface area contributed by atoms with Gasteiger partial charge in [0.1, 0.15) is 0 Å². The SMILES string of the molecule is CCc1n[nH]c(=O)c2ccc(C(C)=O)cc12. The molecule has 0 aliphatic heterocycles. The fourth-order valence-corrected chi connectivity index (χ4v) is 1.71. The first-order valence-electron chi connectivity index (χ1n) is 5.15. The number of hydrogen-bond donors (Lipinski definition) is 1. The fourth-order valence-electron chi connectivity index (χ4n) is 1.71. The third kappa shape index (κ3) is 1.62. The van der Waals surface area contributed by atoms with Gasteiger partial charge in [0.25, 0.3) is 5.56 Å². The second kappa shape index (κ2) is 3.89. The number of aromatic nitrogens is 2. The number of aryl methyl sites for hydroxylation is 1. The predicted octanol–water partition coefficient (Wildman–Crippen LogP) is 1.69. The second-order valence-corrected chi connectivity index (χ2v) is 3.67. The normalized spacial score (nSPS) is 10.6. The molecule has 1 aromatic heterocycles. The van der Waals surface area contributed by atoms with E-state index in [1.165, 1.54) is 6.92 Å². The van der Waals surface area contributed by atoms with Gasteiger partial charge in [0.2, 0.25) is 0 Å². The lowest BCUT2D eigenvalue weighted by molar-refractivity contribution is 0.101. The molecule has 0 radical (unpaired) electrons. The van der Waals surface area contributed by atoms with Crippen molar-refractivity contribution < 1.29 is 4.79 Å². The van der Waals surface area contributed by atoms with E-state index < -0.39 is 0 Å². The highest BCUT2D eigenvalue weighted by atomic mass is 16.1. The van der Waals surface area contributed by atoms with Crippen LogP contribution in [0.15, 0.2) is 23.0 Å². The average Bonchev–Trinajstić information content (AvgIpc) is 2.29. The van der Waals surface area contributed by atoms with Gasteiger partial charge in [-0.25, -0.2) is 5.10 Å². The Hall–Kier alpha value is -1.97. The molecule has 0 atom stereocenters. The van der Waals surface area contributed by atoms with Crippen molar-refractivity contribution in [3.8, 4) is 0 Å². The largest absolute Gasteiger partial charge is 0.295 e. The van der Waals surface area contributed by atoms with Gasteiger partial charge in [-0.05, 0) is 25.5 Å². The van der Waals surface area contributed by atoms with E-state index in [-0.39, 0.29) is 11.3 Å². The number of Topliss-reactive ketones (excluding diaryl/α,β-unsaturated/α-hetero) is 1. The number of ketones is 1. The Bertz CT molecular complexity index is 614.